The standard InChI is InChI=1S/C17H20FN3O2S/c1-17(23,12-4-6-13(18)7-5-12)10-20-16(22)19-8-15-21-14(9-24-15)11-2-3-11/h4-7,9,11,23H,2-3,8,10H2,1H3,(H2,19,20,22). The van der Waals surface area contributed by atoms with Crippen LogP contribution in [0.25, 0.3) is 0 Å². The van der Waals surface area contributed by atoms with E-state index in [2.05, 4.69) is 15.6 Å². The van der Waals surface area contributed by atoms with Crippen molar-refractivity contribution in [2.75, 3.05) is 6.54 Å². The number of nitrogens with one attached hydrogen (secondary N) is 2. The summed E-state index contributed by atoms with van der Waals surface area (Å²) in [5.74, 6) is 0.240. The lowest BCUT2D eigenvalue weighted by molar-refractivity contribution is 0.0593. The smallest absolute Gasteiger partial charge is 0.315 e. The number of hydrogen-bond acceptors (Lipinski definition) is 4. The molecule has 24 heavy (non-hydrogen) atoms. The van der Waals surface area contributed by atoms with Crippen LogP contribution in [0, 0.1) is 5.82 Å². The summed E-state index contributed by atoms with van der Waals surface area (Å²) in [6.07, 6.45) is 2.41. The molecule has 1 heterocycles. The molecule has 1 atom stereocenters. The fourth-order valence-electron chi connectivity index (χ4n) is 2.35. The van der Waals surface area contributed by atoms with Crippen LogP contribution in [0.2, 0.25) is 0 Å². The Morgan fingerprint density at radius 3 is 2.75 bits per heavy atom. The van der Waals surface area contributed by atoms with Crippen LogP contribution < -0.4 is 10.6 Å². The van der Waals surface area contributed by atoms with E-state index in [4.69, 9.17) is 0 Å². The molecule has 0 bridgehead atoms. The van der Waals surface area contributed by atoms with Crippen LogP contribution in [-0.2, 0) is 12.1 Å². The highest BCUT2D eigenvalue weighted by Gasteiger charge is 2.26. The van der Waals surface area contributed by atoms with Crippen molar-refractivity contribution in [3.05, 3.63) is 51.7 Å². The lowest BCUT2D eigenvalue weighted by atomic mass is 9.96. The number of rotatable bonds is 6. The van der Waals surface area contributed by atoms with Gasteiger partial charge < -0.3 is 15.7 Å². The Hall–Kier alpha value is -1.99. The van der Waals surface area contributed by atoms with Gasteiger partial charge in [0.15, 0.2) is 0 Å². The van der Waals surface area contributed by atoms with Crippen molar-refractivity contribution in [3.63, 3.8) is 0 Å². The van der Waals surface area contributed by atoms with Gasteiger partial charge in [0.2, 0.25) is 0 Å². The second-order valence-electron chi connectivity index (χ2n) is 6.26. The summed E-state index contributed by atoms with van der Waals surface area (Å²) in [5, 5.41) is 18.7. The maximum Gasteiger partial charge on any atom is 0.315 e. The monoisotopic (exact) mass is 349 g/mol. The number of benzene rings is 1. The fourth-order valence-corrected chi connectivity index (χ4v) is 3.17. The number of halogens is 1. The van der Waals surface area contributed by atoms with E-state index in [9.17, 15) is 14.3 Å². The lowest BCUT2D eigenvalue weighted by Crippen LogP contribution is -2.43. The van der Waals surface area contributed by atoms with Crippen LogP contribution in [0.15, 0.2) is 29.6 Å². The highest BCUT2D eigenvalue weighted by molar-refractivity contribution is 7.09. The highest BCUT2D eigenvalue weighted by Crippen LogP contribution is 2.40. The van der Waals surface area contributed by atoms with E-state index < -0.39 is 5.60 Å². The number of amides is 2. The van der Waals surface area contributed by atoms with Crippen LogP contribution in [0.5, 0.6) is 0 Å². The molecule has 2 aromatic rings. The molecule has 1 aromatic carbocycles. The van der Waals surface area contributed by atoms with Gasteiger partial charge in [0.05, 0.1) is 18.8 Å². The molecule has 5 nitrogen and oxygen atoms in total. The van der Waals surface area contributed by atoms with Gasteiger partial charge in [0, 0.05) is 11.3 Å². The summed E-state index contributed by atoms with van der Waals surface area (Å²) < 4.78 is 12.9. The number of carbonyl (C=O) groups excluding carboxylic acids is 1. The predicted octanol–water partition coefficient (Wildman–Crippen LogP) is 2.87. The first kappa shape index (κ1) is 16.9. The van der Waals surface area contributed by atoms with E-state index in [0.717, 1.165) is 10.7 Å². The zero-order valence-electron chi connectivity index (χ0n) is 13.4. The molecule has 2 amide bonds. The summed E-state index contributed by atoms with van der Waals surface area (Å²) in [7, 11) is 0. The first-order chi connectivity index (χ1) is 11.4. The number of urea groups is 1. The first-order valence-corrected chi connectivity index (χ1v) is 8.76. The minimum Gasteiger partial charge on any atom is -0.384 e. The van der Waals surface area contributed by atoms with Gasteiger partial charge >= 0.3 is 6.03 Å². The molecule has 1 fully saturated rings. The van der Waals surface area contributed by atoms with Crippen molar-refractivity contribution in [2.24, 2.45) is 0 Å². The third-order valence-electron chi connectivity index (χ3n) is 4.02. The van der Waals surface area contributed by atoms with E-state index in [1.165, 1.54) is 37.1 Å². The summed E-state index contributed by atoms with van der Waals surface area (Å²) in [5.41, 5.74) is 0.389. The Balaban J connectivity index is 1.46. The second kappa shape index (κ2) is 6.86. The van der Waals surface area contributed by atoms with Crippen LogP contribution in [0.1, 0.15) is 41.9 Å². The summed E-state index contributed by atoms with van der Waals surface area (Å²) in [4.78, 5) is 16.4. The van der Waals surface area contributed by atoms with Crippen molar-refractivity contribution in [2.45, 2.75) is 37.8 Å². The predicted molar refractivity (Wildman–Crippen MR) is 90.3 cm³/mol. The van der Waals surface area contributed by atoms with E-state index >= 15 is 0 Å². The van der Waals surface area contributed by atoms with Gasteiger partial charge in [-0.2, -0.15) is 0 Å². The minimum absolute atomic E-state index is 0.0235. The minimum atomic E-state index is -1.27. The maximum absolute atomic E-state index is 12.9. The third-order valence-corrected chi connectivity index (χ3v) is 4.89. The first-order valence-electron chi connectivity index (χ1n) is 7.88. The van der Waals surface area contributed by atoms with Crippen molar-refractivity contribution < 1.29 is 14.3 Å². The zero-order valence-corrected chi connectivity index (χ0v) is 14.2. The molecule has 1 aliphatic carbocycles. The molecule has 128 valence electrons. The fraction of sp³-hybridized carbons (Fsp3) is 0.412. The van der Waals surface area contributed by atoms with Gasteiger partial charge in [-0.05, 0) is 37.5 Å². The molecule has 1 unspecified atom stereocenters. The molecule has 0 aliphatic heterocycles. The van der Waals surface area contributed by atoms with Crippen LogP contribution in [0.3, 0.4) is 0 Å². The molecule has 1 aliphatic rings. The van der Waals surface area contributed by atoms with Crippen molar-refractivity contribution in [3.8, 4) is 0 Å². The number of carbonyl (C=O) groups is 1. The summed E-state index contributed by atoms with van der Waals surface area (Å²) in [6.45, 7) is 1.96. The average Bonchev–Trinajstić information content (AvgIpc) is 3.30. The van der Waals surface area contributed by atoms with E-state index in [-0.39, 0.29) is 18.4 Å². The van der Waals surface area contributed by atoms with Gasteiger partial charge in [-0.15, -0.1) is 11.3 Å². The lowest BCUT2D eigenvalue weighted by Gasteiger charge is -2.24. The van der Waals surface area contributed by atoms with Crippen molar-refractivity contribution in [1.82, 2.24) is 15.6 Å². The van der Waals surface area contributed by atoms with Crippen molar-refractivity contribution in [1.29, 1.82) is 0 Å². The largest absolute Gasteiger partial charge is 0.384 e. The van der Waals surface area contributed by atoms with Gasteiger partial charge in [-0.25, -0.2) is 14.2 Å². The normalized spacial score (nSPS) is 16.5. The quantitative estimate of drug-likeness (QED) is 0.751. The molecule has 3 N–H and O–H groups in total. The van der Waals surface area contributed by atoms with Gasteiger partial charge in [-0.3, -0.25) is 0 Å². The molecule has 0 radical (unpaired) electrons. The van der Waals surface area contributed by atoms with Crippen LogP contribution >= 0.6 is 11.3 Å². The van der Waals surface area contributed by atoms with Gasteiger partial charge in [-0.1, -0.05) is 12.1 Å². The molecular weight excluding hydrogens is 329 g/mol. The number of thiazole rings is 1. The Labute approximate surface area is 143 Å². The van der Waals surface area contributed by atoms with Crippen LogP contribution in [0.4, 0.5) is 9.18 Å². The number of aromatic nitrogens is 1. The SMILES string of the molecule is CC(O)(CNC(=O)NCc1nc(C2CC2)cs1)c1ccc(F)cc1. The average molecular weight is 349 g/mol. The Kier molecular flexibility index (Phi) is 4.82. The Bertz CT molecular complexity index is 711. The van der Waals surface area contributed by atoms with E-state index in [0.29, 0.717) is 18.0 Å². The molecule has 0 spiro atoms. The van der Waals surface area contributed by atoms with Gasteiger partial charge in [0.1, 0.15) is 16.4 Å². The summed E-state index contributed by atoms with van der Waals surface area (Å²) >= 11 is 1.54. The third kappa shape index (κ3) is 4.30. The molecule has 1 saturated carbocycles. The number of hydrogen-bond donors (Lipinski definition) is 3. The number of aliphatic hydroxyl groups is 1. The van der Waals surface area contributed by atoms with Crippen molar-refractivity contribution >= 4 is 17.4 Å². The Morgan fingerprint density at radius 1 is 1.38 bits per heavy atom. The van der Waals surface area contributed by atoms with Crippen LogP contribution in [-0.4, -0.2) is 22.7 Å². The highest BCUT2D eigenvalue weighted by atomic mass is 32.1. The molecule has 0 saturated heterocycles. The van der Waals surface area contributed by atoms with E-state index in [1.54, 1.807) is 18.3 Å². The zero-order chi connectivity index (χ0) is 17.2. The molecule has 3 rings (SSSR count). The molecular formula is C17H20FN3O2S. The number of nitrogens with zero attached hydrogens (tertiary/aromatic N) is 1. The molecule has 7 heteroatoms. The maximum atomic E-state index is 12.9. The van der Waals surface area contributed by atoms with E-state index in [1.807, 2.05) is 5.38 Å². The molecule has 1 aromatic heterocycles. The topological polar surface area (TPSA) is 74.2 Å². The Morgan fingerprint density at radius 2 is 2.08 bits per heavy atom. The summed E-state index contributed by atoms with van der Waals surface area (Å²) in [6, 6.07) is 5.20. The second-order valence-corrected chi connectivity index (χ2v) is 7.20. The van der Waals surface area contributed by atoms with Gasteiger partial charge in [0.25, 0.3) is 0 Å².